The van der Waals surface area contributed by atoms with Crippen molar-refractivity contribution in [2.24, 2.45) is 0 Å². The van der Waals surface area contributed by atoms with Gasteiger partial charge in [-0.25, -0.2) is 10.5 Å². The molecule has 1 aromatic rings. The Kier molecular flexibility index (Phi) is 4.52. The van der Waals surface area contributed by atoms with Gasteiger partial charge in [0, 0.05) is 19.3 Å². The van der Waals surface area contributed by atoms with Gasteiger partial charge in [-0.1, -0.05) is 12.8 Å². The first-order valence-corrected chi connectivity index (χ1v) is 6.35. The zero-order chi connectivity index (χ0) is 12.8. The molecule has 5 nitrogen and oxygen atoms in total. The highest BCUT2D eigenvalue weighted by Gasteiger charge is 2.12. The highest BCUT2D eigenvalue weighted by Crippen LogP contribution is 2.17. The molecule has 2 heterocycles. The lowest BCUT2D eigenvalue weighted by atomic mass is 10.2. The van der Waals surface area contributed by atoms with Gasteiger partial charge in [-0.15, -0.1) is 0 Å². The van der Waals surface area contributed by atoms with Gasteiger partial charge >= 0.3 is 0 Å². The average Bonchev–Trinajstić information content (AvgIpc) is 2.68. The SMILES string of the molecule is CONC(=O)c1ccc(N2CCCCCC2)nc1. The molecular weight excluding hydrogens is 230 g/mol. The Morgan fingerprint density at radius 1 is 1.28 bits per heavy atom. The third kappa shape index (κ3) is 3.20. The van der Waals surface area contributed by atoms with Crippen LogP contribution in [0, 0.1) is 0 Å². The van der Waals surface area contributed by atoms with Crippen molar-refractivity contribution in [3.05, 3.63) is 23.9 Å². The van der Waals surface area contributed by atoms with E-state index in [0.717, 1.165) is 18.9 Å². The van der Waals surface area contributed by atoms with Crippen LogP contribution in [-0.4, -0.2) is 31.1 Å². The molecule has 1 aliphatic heterocycles. The largest absolute Gasteiger partial charge is 0.357 e. The zero-order valence-electron chi connectivity index (χ0n) is 10.7. The highest BCUT2D eigenvalue weighted by atomic mass is 16.6. The van der Waals surface area contributed by atoms with Crippen LogP contribution in [0.25, 0.3) is 0 Å². The first kappa shape index (κ1) is 12.8. The van der Waals surface area contributed by atoms with E-state index in [1.807, 2.05) is 6.07 Å². The molecule has 1 aromatic heterocycles. The van der Waals surface area contributed by atoms with Crippen molar-refractivity contribution in [2.45, 2.75) is 25.7 Å². The molecule has 0 atom stereocenters. The smallest absolute Gasteiger partial charge is 0.276 e. The third-order valence-electron chi connectivity index (χ3n) is 3.13. The zero-order valence-corrected chi connectivity index (χ0v) is 10.7. The summed E-state index contributed by atoms with van der Waals surface area (Å²) in [5.74, 6) is 0.679. The molecule has 0 unspecified atom stereocenters. The van der Waals surface area contributed by atoms with Crippen molar-refractivity contribution in [3.8, 4) is 0 Å². The number of carbonyl (C=O) groups excluding carboxylic acids is 1. The molecule has 1 N–H and O–H groups in total. The lowest BCUT2D eigenvalue weighted by Gasteiger charge is -2.21. The monoisotopic (exact) mass is 249 g/mol. The second-order valence-corrected chi connectivity index (χ2v) is 4.44. The van der Waals surface area contributed by atoms with Crippen LogP contribution in [0.4, 0.5) is 5.82 Å². The summed E-state index contributed by atoms with van der Waals surface area (Å²) in [5, 5.41) is 0. The van der Waals surface area contributed by atoms with Gasteiger partial charge in [-0.2, -0.15) is 0 Å². The van der Waals surface area contributed by atoms with Gasteiger partial charge in [0.25, 0.3) is 5.91 Å². The lowest BCUT2D eigenvalue weighted by Crippen LogP contribution is -2.25. The van der Waals surface area contributed by atoms with Crippen LogP contribution in [0.1, 0.15) is 36.0 Å². The standard InChI is InChI=1S/C13H19N3O2/c1-18-15-13(17)11-6-7-12(14-10-11)16-8-4-2-3-5-9-16/h6-7,10H,2-5,8-9H2,1H3,(H,15,17). The predicted octanol–water partition coefficient (Wildman–Crippen LogP) is 1.75. The molecule has 18 heavy (non-hydrogen) atoms. The summed E-state index contributed by atoms with van der Waals surface area (Å²) < 4.78 is 0. The van der Waals surface area contributed by atoms with Crippen LogP contribution < -0.4 is 10.4 Å². The van der Waals surface area contributed by atoms with Gasteiger partial charge in [0.2, 0.25) is 0 Å². The summed E-state index contributed by atoms with van der Waals surface area (Å²) in [4.78, 5) is 22.7. The Hall–Kier alpha value is -1.62. The van der Waals surface area contributed by atoms with E-state index in [0.29, 0.717) is 5.56 Å². The van der Waals surface area contributed by atoms with E-state index in [-0.39, 0.29) is 5.91 Å². The normalized spacial score (nSPS) is 16.2. The van der Waals surface area contributed by atoms with Crippen LogP contribution in [-0.2, 0) is 4.84 Å². The summed E-state index contributed by atoms with van der Waals surface area (Å²) in [6.45, 7) is 2.10. The van der Waals surface area contributed by atoms with Gasteiger partial charge < -0.3 is 4.90 Å². The summed E-state index contributed by atoms with van der Waals surface area (Å²) in [7, 11) is 1.41. The van der Waals surface area contributed by atoms with Crippen LogP contribution in [0.5, 0.6) is 0 Å². The number of nitrogens with one attached hydrogen (secondary N) is 1. The number of hydrogen-bond acceptors (Lipinski definition) is 4. The van der Waals surface area contributed by atoms with Crippen LogP contribution >= 0.6 is 0 Å². The summed E-state index contributed by atoms with van der Waals surface area (Å²) >= 11 is 0. The molecule has 0 bridgehead atoms. The number of aromatic nitrogens is 1. The highest BCUT2D eigenvalue weighted by molar-refractivity contribution is 5.93. The number of anilines is 1. The minimum atomic E-state index is -0.271. The molecule has 1 aliphatic rings. The van der Waals surface area contributed by atoms with Crippen molar-refractivity contribution in [1.82, 2.24) is 10.5 Å². The first-order chi connectivity index (χ1) is 8.81. The molecule has 5 heteroatoms. The summed E-state index contributed by atoms with van der Waals surface area (Å²) in [6, 6.07) is 3.68. The van der Waals surface area contributed by atoms with E-state index in [1.165, 1.54) is 32.8 Å². The van der Waals surface area contributed by atoms with Crippen molar-refractivity contribution >= 4 is 11.7 Å². The minimum Gasteiger partial charge on any atom is -0.357 e. The molecule has 98 valence electrons. The van der Waals surface area contributed by atoms with Gasteiger partial charge in [-0.3, -0.25) is 9.63 Å². The van der Waals surface area contributed by atoms with Gasteiger partial charge in [0.1, 0.15) is 5.82 Å². The maximum Gasteiger partial charge on any atom is 0.276 e. The topological polar surface area (TPSA) is 54.5 Å². The number of hydroxylamine groups is 1. The molecule has 0 saturated carbocycles. The Morgan fingerprint density at radius 2 is 2.00 bits per heavy atom. The number of carbonyl (C=O) groups is 1. The Morgan fingerprint density at radius 3 is 2.56 bits per heavy atom. The Labute approximate surface area is 107 Å². The quantitative estimate of drug-likeness (QED) is 0.829. The van der Waals surface area contributed by atoms with Crippen molar-refractivity contribution < 1.29 is 9.63 Å². The van der Waals surface area contributed by atoms with Gasteiger partial charge in [0.15, 0.2) is 0 Å². The van der Waals surface area contributed by atoms with Crippen molar-refractivity contribution in [3.63, 3.8) is 0 Å². The van der Waals surface area contributed by atoms with E-state index in [1.54, 1.807) is 12.3 Å². The maximum absolute atomic E-state index is 11.5. The van der Waals surface area contributed by atoms with Crippen LogP contribution in [0.2, 0.25) is 0 Å². The number of hydrogen-bond donors (Lipinski definition) is 1. The van der Waals surface area contributed by atoms with E-state index < -0.39 is 0 Å². The molecule has 0 radical (unpaired) electrons. The molecule has 1 saturated heterocycles. The van der Waals surface area contributed by atoms with Crippen LogP contribution in [0.15, 0.2) is 18.3 Å². The number of pyridine rings is 1. The number of nitrogens with zero attached hydrogens (tertiary/aromatic N) is 2. The average molecular weight is 249 g/mol. The minimum absolute atomic E-state index is 0.271. The molecule has 2 rings (SSSR count). The summed E-state index contributed by atoms with van der Waals surface area (Å²) in [5.41, 5.74) is 2.79. The molecule has 0 aromatic carbocycles. The second-order valence-electron chi connectivity index (χ2n) is 4.44. The number of rotatable bonds is 3. The maximum atomic E-state index is 11.5. The Balaban J connectivity index is 2.04. The van der Waals surface area contributed by atoms with Crippen molar-refractivity contribution in [2.75, 3.05) is 25.1 Å². The third-order valence-corrected chi connectivity index (χ3v) is 3.13. The van der Waals surface area contributed by atoms with E-state index in [4.69, 9.17) is 0 Å². The fourth-order valence-electron chi connectivity index (χ4n) is 2.16. The first-order valence-electron chi connectivity index (χ1n) is 6.35. The lowest BCUT2D eigenvalue weighted by molar-refractivity contribution is 0.0537. The van der Waals surface area contributed by atoms with Crippen molar-refractivity contribution in [1.29, 1.82) is 0 Å². The molecule has 0 aliphatic carbocycles. The molecule has 1 amide bonds. The Bertz CT molecular complexity index is 384. The number of amides is 1. The molecule has 0 spiro atoms. The molecular formula is C13H19N3O2. The van der Waals surface area contributed by atoms with Gasteiger partial charge in [0.05, 0.1) is 12.7 Å². The fraction of sp³-hybridized carbons (Fsp3) is 0.538. The fourth-order valence-corrected chi connectivity index (χ4v) is 2.16. The second kappa shape index (κ2) is 6.35. The van der Waals surface area contributed by atoms with Crippen LogP contribution in [0.3, 0.4) is 0 Å². The van der Waals surface area contributed by atoms with E-state index in [2.05, 4.69) is 20.2 Å². The van der Waals surface area contributed by atoms with E-state index in [9.17, 15) is 4.79 Å². The summed E-state index contributed by atoms with van der Waals surface area (Å²) in [6.07, 6.45) is 6.62. The molecule has 1 fully saturated rings. The predicted molar refractivity (Wildman–Crippen MR) is 69.4 cm³/mol. The van der Waals surface area contributed by atoms with E-state index >= 15 is 0 Å². The van der Waals surface area contributed by atoms with Gasteiger partial charge in [-0.05, 0) is 25.0 Å².